The number of benzene rings is 1. The first-order valence-electron chi connectivity index (χ1n) is 8.89. The van der Waals surface area contributed by atoms with Crippen molar-refractivity contribution in [2.45, 2.75) is 45.1 Å². The van der Waals surface area contributed by atoms with E-state index in [-0.39, 0.29) is 11.9 Å². The Morgan fingerprint density at radius 1 is 1.20 bits per heavy atom. The molecule has 1 aliphatic rings. The molecule has 2 N–H and O–H groups in total. The van der Waals surface area contributed by atoms with Gasteiger partial charge in [-0.2, -0.15) is 5.10 Å². The van der Waals surface area contributed by atoms with Gasteiger partial charge in [-0.05, 0) is 25.0 Å². The maximum Gasteiger partial charge on any atom is 0.308 e. The van der Waals surface area contributed by atoms with Crippen molar-refractivity contribution in [3.63, 3.8) is 0 Å². The van der Waals surface area contributed by atoms with Crippen molar-refractivity contribution in [3.05, 3.63) is 35.4 Å². The van der Waals surface area contributed by atoms with E-state index in [0.29, 0.717) is 24.0 Å². The molecule has 0 spiro atoms. The van der Waals surface area contributed by atoms with Crippen LogP contribution in [0.3, 0.4) is 0 Å². The Labute approximate surface area is 153 Å². The van der Waals surface area contributed by atoms with E-state index in [1.807, 2.05) is 30.3 Å². The number of nitrogens with two attached hydrogens (primary N) is 1. The summed E-state index contributed by atoms with van der Waals surface area (Å²) in [6.45, 7) is 0.749. The number of halogens is 1. The number of nitrogens with zero attached hydrogens (tertiary/aromatic N) is 2. The smallest absolute Gasteiger partial charge is 0.308 e. The Balaban J connectivity index is 1.54. The predicted octanol–water partition coefficient (Wildman–Crippen LogP) is 4.30. The van der Waals surface area contributed by atoms with E-state index in [1.165, 1.54) is 12.8 Å². The number of carbonyl (C=O) groups is 1. The van der Waals surface area contributed by atoms with Gasteiger partial charge < -0.3 is 10.5 Å². The summed E-state index contributed by atoms with van der Waals surface area (Å²) in [5.41, 5.74) is 7.75. The Morgan fingerprint density at radius 2 is 1.88 bits per heavy atom. The van der Waals surface area contributed by atoms with Gasteiger partial charge in [-0.25, -0.2) is 4.68 Å². The van der Waals surface area contributed by atoms with Gasteiger partial charge in [0.2, 0.25) is 0 Å². The molecule has 5 nitrogen and oxygen atoms in total. The molecule has 0 aliphatic heterocycles. The van der Waals surface area contributed by atoms with E-state index in [0.717, 1.165) is 36.9 Å². The van der Waals surface area contributed by atoms with Crippen LogP contribution < -0.4 is 5.73 Å². The van der Waals surface area contributed by atoms with Crippen LogP contribution in [0, 0.1) is 5.92 Å². The molecule has 2 aromatic rings. The number of rotatable bonds is 5. The van der Waals surface area contributed by atoms with Crippen LogP contribution in [0.1, 0.15) is 38.5 Å². The highest BCUT2D eigenvalue weighted by molar-refractivity contribution is 6.30. The molecule has 0 radical (unpaired) electrons. The number of nitrogen functional groups attached to an aromatic ring is 1. The van der Waals surface area contributed by atoms with Crippen LogP contribution in [0.15, 0.2) is 30.3 Å². The summed E-state index contributed by atoms with van der Waals surface area (Å²) in [6, 6.07) is 9.26. The fourth-order valence-corrected chi connectivity index (χ4v) is 3.36. The second-order valence-corrected chi connectivity index (χ2v) is 6.98. The minimum Gasteiger partial charge on any atom is -0.463 e. The highest BCUT2D eigenvalue weighted by Crippen LogP contribution is 2.24. The molecular weight excluding hydrogens is 338 g/mol. The van der Waals surface area contributed by atoms with Crippen molar-refractivity contribution in [2.75, 3.05) is 12.3 Å². The summed E-state index contributed by atoms with van der Waals surface area (Å²) < 4.78 is 7.12. The first-order valence-corrected chi connectivity index (χ1v) is 9.27. The molecule has 1 aromatic carbocycles. The Morgan fingerprint density at radius 3 is 2.56 bits per heavy atom. The van der Waals surface area contributed by atoms with Crippen molar-refractivity contribution >= 4 is 23.4 Å². The molecule has 1 aliphatic carbocycles. The van der Waals surface area contributed by atoms with E-state index in [2.05, 4.69) is 5.10 Å². The van der Waals surface area contributed by atoms with Gasteiger partial charge in [0.25, 0.3) is 0 Å². The quantitative estimate of drug-likeness (QED) is 0.636. The number of carbonyl (C=O) groups excluding carboxylic acids is 1. The lowest BCUT2D eigenvalue weighted by Gasteiger charge is -2.13. The zero-order valence-electron chi connectivity index (χ0n) is 14.3. The number of hydrogen-bond acceptors (Lipinski definition) is 4. The van der Waals surface area contributed by atoms with Gasteiger partial charge in [-0.1, -0.05) is 49.4 Å². The molecule has 0 atom stereocenters. The molecule has 0 amide bonds. The number of hydrogen-bond donors (Lipinski definition) is 1. The highest BCUT2D eigenvalue weighted by Gasteiger charge is 2.21. The third-order valence-electron chi connectivity index (χ3n) is 4.69. The minimum atomic E-state index is -0.0782. The van der Waals surface area contributed by atoms with Crippen molar-refractivity contribution < 1.29 is 9.53 Å². The normalized spacial score (nSPS) is 15.7. The van der Waals surface area contributed by atoms with Gasteiger partial charge in [0.05, 0.1) is 18.2 Å². The minimum absolute atomic E-state index is 0.0575. The second-order valence-electron chi connectivity index (χ2n) is 6.54. The molecule has 6 heteroatoms. The largest absolute Gasteiger partial charge is 0.463 e. The molecule has 0 saturated heterocycles. The average Bonchev–Trinajstić information content (AvgIpc) is 2.82. The Kier molecular flexibility index (Phi) is 5.97. The van der Waals surface area contributed by atoms with Gasteiger partial charge in [0.1, 0.15) is 12.4 Å². The van der Waals surface area contributed by atoms with Crippen LogP contribution in [0.4, 0.5) is 5.82 Å². The van der Waals surface area contributed by atoms with Crippen LogP contribution in [-0.2, 0) is 16.1 Å². The molecule has 1 heterocycles. The lowest BCUT2D eigenvalue weighted by molar-refractivity contribution is -0.149. The lowest BCUT2D eigenvalue weighted by Crippen LogP contribution is -2.20. The van der Waals surface area contributed by atoms with Crippen LogP contribution >= 0.6 is 11.6 Å². The first-order chi connectivity index (χ1) is 12.1. The molecule has 134 valence electrons. The topological polar surface area (TPSA) is 70.1 Å². The molecular formula is C19H24ClN3O2. The van der Waals surface area contributed by atoms with Crippen LogP contribution in [0.5, 0.6) is 0 Å². The number of anilines is 1. The van der Waals surface area contributed by atoms with E-state index in [1.54, 1.807) is 4.68 Å². The van der Waals surface area contributed by atoms with Crippen molar-refractivity contribution in [1.82, 2.24) is 9.78 Å². The molecule has 1 saturated carbocycles. The number of esters is 1. The van der Waals surface area contributed by atoms with E-state index in [9.17, 15) is 4.79 Å². The summed E-state index contributed by atoms with van der Waals surface area (Å²) >= 11 is 5.91. The fraction of sp³-hybridized carbons (Fsp3) is 0.474. The molecule has 3 rings (SSSR count). The average molecular weight is 362 g/mol. The summed E-state index contributed by atoms with van der Waals surface area (Å²) in [6.07, 6.45) is 6.59. The van der Waals surface area contributed by atoms with E-state index in [4.69, 9.17) is 22.1 Å². The highest BCUT2D eigenvalue weighted by atomic mass is 35.5. The monoisotopic (exact) mass is 361 g/mol. The van der Waals surface area contributed by atoms with Gasteiger partial charge in [-0.15, -0.1) is 0 Å². The number of aromatic nitrogens is 2. The predicted molar refractivity (Wildman–Crippen MR) is 99.2 cm³/mol. The van der Waals surface area contributed by atoms with E-state index >= 15 is 0 Å². The van der Waals surface area contributed by atoms with Crippen LogP contribution in [0.2, 0.25) is 5.02 Å². The van der Waals surface area contributed by atoms with Gasteiger partial charge >= 0.3 is 5.97 Å². The molecule has 1 fully saturated rings. The standard InChI is InChI=1S/C19H24ClN3O2/c20-16-9-7-14(8-10-16)17-13-18(21)23(22-17)11-12-25-19(24)15-5-3-1-2-4-6-15/h7-10,13,15H,1-6,11-12,21H2. The number of ether oxygens (including phenoxy) is 1. The van der Waals surface area contributed by atoms with Gasteiger partial charge in [0, 0.05) is 16.7 Å². The first kappa shape index (κ1) is 17.8. The third kappa shape index (κ3) is 4.75. The molecule has 0 bridgehead atoms. The Bertz CT molecular complexity index is 704. The Hall–Kier alpha value is -2.01. The fourth-order valence-electron chi connectivity index (χ4n) is 3.24. The van der Waals surface area contributed by atoms with Crippen LogP contribution in [0.25, 0.3) is 11.3 Å². The van der Waals surface area contributed by atoms with Crippen LogP contribution in [-0.4, -0.2) is 22.4 Å². The van der Waals surface area contributed by atoms with Gasteiger partial charge in [-0.3, -0.25) is 4.79 Å². The zero-order chi connectivity index (χ0) is 17.6. The summed E-state index contributed by atoms with van der Waals surface area (Å²) in [5, 5.41) is 5.17. The van der Waals surface area contributed by atoms with Crippen molar-refractivity contribution in [1.29, 1.82) is 0 Å². The lowest BCUT2D eigenvalue weighted by atomic mass is 10.0. The molecule has 25 heavy (non-hydrogen) atoms. The molecule has 0 unspecified atom stereocenters. The summed E-state index contributed by atoms with van der Waals surface area (Å²) in [4.78, 5) is 12.2. The third-order valence-corrected chi connectivity index (χ3v) is 4.94. The van der Waals surface area contributed by atoms with Gasteiger partial charge in [0.15, 0.2) is 0 Å². The summed E-state index contributed by atoms with van der Waals surface area (Å²) in [7, 11) is 0. The maximum atomic E-state index is 12.2. The molecule has 1 aromatic heterocycles. The van der Waals surface area contributed by atoms with E-state index < -0.39 is 0 Å². The summed E-state index contributed by atoms with van der Waals surface area (Å²) in [5.74, 6) is 0.531. The second kappa shape index (κ2) is 8.39. The van der Waals surface area contributed by atoms with Crippen molar-refractivity contribution in [3.8, 4) is 11.3 Å². The zero-order valence-corrected chi connectivity index (χ0v) is 15.0. The maximum absolute atomic E-state index is 12.2. The SMILES string of the molecule is Nc1cc(-c2ccc(Cl)cc2)nn1CCOC(=O)C1CCCCCC1. The van der Waals surface area contributed by atoms with Crippen molar-refractivity contribution in [2.24, 2.45) is 5.92 Å².